The maximum absolute atomic E-state index is 10.1. The number of nitrogens with zero attached hydrogens (tertiary/aromatic N) is 1. The third kappa shape index (κ3) is 2.90. The number of hydrogen-bond donors (Lipinski definition) is 2. The maximum Gasteiger partial charge on any atom is 0.119 e. The summed E-state index contributed by atoms with van der Waals surface area (Å²) in [5, 5.41) is 16.4. The van der Waals surface area contributed by atoms with Crippen molar-refractivity contribution in [3.63, 3.8) is 0 Å². The fourth-order valence-corrected chi connectivity index (χ4v) is 3.00. The molecule has 0 spiro atoms. The molecule has 2 N–H and O–H groups in total. The number of phenolic OH excluding ortho intramolecular Hbond substituents is 1. The van der Waals surface area contributed by atoms with Gasteiger partial charge in [-0.05, 0) is 35.4 Å². The Morgan fingerprint density at radius 1 is 1.15 bits per heavy atom. The number of hydrogen-bond acceptors (Lipinski definition) is 3. The molecule has 0 aliphatic carbocycles. The van der Waals surface area contributed by atoms with Crippen LogP contribution in [0, 0.1) is 0 Å². The molecule has 0 bridgehead atoms. The van der Waals surface area contributed by atoms with Crippen LogP contribution < -0.4 is 5.32 Å². The number of rotatable bonds is 3. The summed E-state index contributed by atoms with van der Waals surface area (Å²) < 4.78 is 0. The van der Waals surface area contributed by atoms with Crippen LogP contribution in [0.25, 0.3) is 10.8 Å². The van der Waals surface area contributed by atoms with E-state index in [1.807, 2.05) is 24.3 Å². The lowest BCUT2D eigenvalue weighted by molar-refractivity contribution is 0.243. The Hall–Kier alpha value is -1.29. The molecular formula is C16H19ClN2O. The van der Waals surface area contributed by atoms with Gasteiger partial charge in [-0.25, -0.2) is 0 Å². The zero-order chi connectivity index (χ0) is 13.9. The van der Waals surface area contributed by atoms with Crippen LogP contribution in [0.5, 0.6) is 5.75 Å². The van der Waals surface area contributed by atoms with E-state index >= 15 is 0 Å². The molecule has 1 saturated heterocycles. The smallest absolute Gasteiger partial charge is 0.119 e. The van der Waals surface area contributed by atoms with Crippen LogP contribution in [-0.4, -0.2) is 42.7 Å². The molecule has 0 radical (unpaired) electrons. The lowest BCUT2D eigenvalue weighted by Crippen LogP contribution is -2.44. The number of aromatic hydroxyl groups is 1. The van der Waals surface area contributed by atoms with Gasteiger partial charge in [-0.15, -0.1) is 0 Å². The van der Waals surface area contributed by atoms with Gasteiger partial charge in [0.2, 0.25) is 0 Å². The highest BCUT2D eigenvalue weighted by molar-refractivity contribution is 6.31. The molecule has 1 aliphatic rings. The van der Waals surface area contributed by atoms with Crippen LogP contribution in [-0.2, 0) is 6.42 Å². The van der Waals surface area contributed by atoms with E-state index in [9.17, 15) is 5.11 Å². The average Bonchev–Trinajstić information content (AvgIpc) is 2.47. The standard InChI is InChI=1S/C16H19ClN2O/c17-13-2-3-14-12(11-13)1-4-16(20)15(14)5-8-19-9-6-18-7-10-19/h1-4,11,18,20H,5-10H2. The van der Waals surface area contributed by atoms with Crippen molar-refractivity contribution in [1.82, 2.24) is 10.2 Å². The molecule has 2 aromatic carbocycles. The van der Waals surface area contributed by atoms with E-state index < -0.39 is 0 Å². The first-order chi connectivity index (χ1) is 9.74. The SMILES string of the molecule is Oc1ccc2cc(Cl)ccc2c1CCN1CCNCC1. The number of phenols is 1. The van der Waals surface area contributed by atoms with Gasteiger partial charge in [-0.2, -0.15) is 0 Å². The quantitative estimate of drug-likeness (QED) is 0.912. The van der Waals surface area contributed by atoms with Gasteiger partial charge in [-0.3, -0.25) is 0 Å². The van der Waals surface area contributed by atoms with Gasteiger partial charge < -0.3 is 15.3 Å². The largest absolute Gasteiger partial charge is 0.508 e. The van der Waals surface area contributed by atoms with Crippen LogP contribution in [0.15, 0.2) is 30.3 Å². The predicted octanol–water partition coefficient (Wildman–Crippen LogP) is 2.65. The Kier molecular flexibility index (Phi) is 4.10. The number of fused-ring (bicyclic) bond motifs is 1. The minimum absolute atomic E-state index is 0.384. The molecule has 0 saturated carbocycles. The summed E-state index contributed by atoms with van der Waals surface area (Å²) in [4.78, 5) is 2.44. The zero-order valence-electron chi connectivity index (χ0n) is 11.4. The van der Waals surface area contributed by atoms with Gasteiger partial charge in [0.15, 0.2) is 0 Å². The molecule has 1 heterocycles. The first-order valence-electron chi connectivity index (χ1n) is 7.07. The number of piperazine rings is 1. The molecule has 106 valence electrons. The summed E-state index contributed by atoms with van der Waals surface area (Å²) in [6.45, 7) is 5.25. The van der Waals surface area contributed by atoms with Crippen molar-refractivity contribution in [1.29, 1.82) is 0 Å². The lowest BCUT2D eigenvalue weighted by atomic mass is 10.0. The van der Waals surface area contributed by atoms with Crippen LogP contribution in [0.1, 0.15) is 5.56 Å². The van der Waals surface area contributed by atoms with Gasteiger partial charge in [0.25, 0.3) is 0 Å². The van der Waals surface area contributed by atoms with Crippen molar-refractivity contribution in [2.24, 2.45) is 0 Å². The van der Waals surface area contributed by atoms with Crippen LogP contribution >= 0.6 is 11.6 Å². The third-order valence-corrected chi connectivity index (χ3v) is 4.19. The molecule has 0 aromatic heterocycles. The Bertz CT molecular complexity index is 609. The second-order valence-corrected chi connectivity index (χ2v) is 5.71. The molecular weight excluding hydrogens is 272 g/mol. The molecule has 0 atom stereocenters. The van der Waals surface area contributed by atoms with Crippen molar-refractivity contribution < 1.29 is 5.11 Å². The Balaban J connectivity index is 1.84. The topological polar surface area (TPSA) is 35.5 Å². The molecule has 4 heteroatoms. The van der Waals surface area contributed by atoms with Crippen LogP contribution in [0.2, 0.25) is 5.02 Å². The average molecular weight is 291 g/mol. The summed E-state index contributed by atoms with van der Waals surface area (Å²) in [6.07, 6.45) is 0.866. The Morgan fingerprint density at radius 3 is 2.75 bits per heavy atom. The van der Waals surface area contributed by atoms with Crippen LogP contribution in [0.3, 0.4) is 0 Å². The normalized spacial score (nSPS) is 16.6. The minimum Gasteiger partial charge on any atom is -0.508 e. The summed E-state index contributed by atoms with van der Waals surface area (Å²) in [6, 6.07) is 9.53. The van der Waals surface area contributed by atoms with Crippen LogP contribution in [0.4, 0.5) is 0 Å². The number of halogens is 1. The summed E-state index contributed by atoms with van der Waals surface area (Å²) >= 11 is 6.03. The second kappa shape index (κ2) is 6.00. The van der Waals surface area contributed by atoms with E-state index in [2.05, 4.69) is 10.2 Å². The summed E-state index contributed by atoms with van der Waals surface area (Å²) in [5.41, 5.74) is 1.03. The van der Waals surface area contributed by atoms with E-state index in [1.165, 1.54) is 0 Å². The molecule has 3 rings (SSSR count). The van der Waals surface area contributed by atoms with Gasteiger partial charge >= 0.3 is 0 Å². The number of benzene rings is 2. The van der Waals surface area contributed by atoms with E-state index in [1.54, 1.807) is 6.07 Å². The molecule has 2 aromatic rings. The van der Waals surface area contributed by atoms with Crippen molar-refractivity contribution in [3.05, 3.63) is 40.9 Å². The molecule has 3 nitrogen and oxygen atoms in total. The fourth-order valence-electron chi connectivity index (χ4n) is 2.82. The Morgan fingerprint density at radius 2 is 1.95 bits per heavy atom. The third-order valence-electron chi connectivity index (χ3n) is 3.96. The highest BCUT2D eigenvalue weighted by Gasteiger charge is 2.12. The maximum atomic E-state index is 10.1. The van der Waals surface area contributed by atoms with Gasteiger partial charge in [0.05, 0.1) is 0 Å². The first kappa shape index (κ1) is 13.7. The zero-order valence-corrected chi connectivity index (χ0v) is 12.2. The molecule has 0 unspecified atom stereocenters. The molecule has 1 fully saturated rings. The van der Waals surface area contributed by atoms with E-state index in [0.29, 0.717) is 5.75 Å². The summed E-state index contributed by atoms with van der Waals surface area (Å²) in [5.74, 6) is 0.384. The highest BCUT2D eigenvalue weighted by Crippen LogP contribution is 2.29. The van der Waals surface area contributed by atoms with Gasteiger partial charge in [0, 0.05) is 43.3 Å². The Labute approximate surface area is 124 Å². The highest BCUT2D eigenvalue weighted by atomic mass is 35.5. The van der Waals surface area contributed by atoms with Crippen molar-refractivity contribution in [2.75, 3.05) is 32.7 Å². The van der Waals surface area contributed by atoms with E-state index in [4.69, 9.17) is 11.6 Å². The molecule has 20 heavy (non-hydrogen) atoms. The van der Waals surface area contributed by atoms with E-state index in [-0.39, 0.29) is 0 Å². The monoisotopic (exact) mass is 290 g/mol. The van der Waals surface area contributed by atoms with Gasteiger partial charge in [-0.1, -0.05) is 23.7 Å². The van der Waals surface area contributed by atoms with Crippen molar-refractivity contribution in [3.8, 4) is 5.75 Å². The van der Waals surface area contributed by atoms with Crippen molar-refractivity contribution >= 4 is 22.4 Å². The van der Waals surface area contributed by atoms with E-state index in [0.717, 1.165) is 60.5 Å². The summed E-state index contributed by atoms with van der Waals surface area (Å²) in [7, 11) is 0. The second-order valence-electron chi connectivity index (χ2n) is 5.27. The predicted molar refractivity (Wildman–Crippen MR) is 83.6 cm³/mol. The lowest BCUT2D eigenvalue weighted by Gasteiger charge is -2.27. The molecule has 1 aliphatic heterocycles. The van der Waals surface area contributed by atoms with Gasteiger partial charge in [0.1, 0.15) is 5.75 Å². The minimum atomic E-state index is 0.384. The fraction of sp³-hybridized carbons (Fsp3) is 0.375. The van der Waals surface area contributed by atoms with Crippen molar-refractivity contribution in [2.45, 2.75) is 6.42 Å². The number of nitrogens with one attached hydrogen (secondary N) is 1. The first-order valence-corrected chi connectivity index (χ1v) is 7.45. The molecule has 0 amide bonds.